The Hall–Kier alpha value is -2.60. The molecular formula is C16H18N2O4. The molecule has 4 N–H and O–H groups in total. The van der Waals surface area contributed by atoms with Gasteiger partial charge in [0.05, 0.1) is 17.9 Å². The number of aromatic hydroxyl groups is 1. The van der Waals surface area contributed by atoms with Crippen LogP contribution in [0.25, 0.3) is 0 Å². The first-order chi connectivity index (χ1) is 10.7. The summed E-state index contributed by atoms with van der Waals surface area (Å²) in [6.45, 7) is 1.95. The van der Waals surface area contributed by atoms with E-state index in [0.29, 0.717) is 18.9 Å². The van der Waals surface area contributed by atoms with Crippen molar-refractivity contribution in [2.45, 2.75) is 6.29 Å². The Kier molecular flexibility index (Phi) is 4.20. The Morgan fingerprint density at radius 2 is 1.86 bits per heavy atom. The molecule has 0 aromatic heterocycles. The van der Waals surface area contributed by atoms with E-state index in [1.54, 1.807) is 18.2 Å². The normalized spacial score (nSPS) is 18.0. The summed E-state index contributed by atoms with van der Waals surface area (Å²) in [5.74, 6) is 1.79. The smallest absolute Gasteiger partial charge is 0.214 e. The molecule has 2 aliphatic heterocycles. The van der Waals surface area contributed by atoms with E-state index in [1.807, 2.05) is 24.3 Å². The van der Waals surface area contributed by atoms with Crippen LogP contribution in [0.2, 0.25) is 0 Å². The Labute approximate surface area is 128 Å². The third kappa shape index (κ3) is 3.35. The van der Waals surface area contributed by atoms with Gasteiger partial charge < -0.3 is 30.3 Å². The van der Waals surface area contributed by atoms with Crippen LogP contribution in [0.15, 0.2) is 42.5 Å². The van der Waals surface area contributed by atoms with Crippen LogP contribution in [0.1, 0.15) is 0 Å². The minimum Gasteiger partial charge on any atom is -0.508 e. The Morgan fingerprint density at radius 1 is 1.00 bits per heavy atom. The van der Waals surface area contributed by atoms with Crippen molar-refractivity contribution >= 4 is 11.4 Å². The van der Waals surface area contributed by atoms with Crippen molar-refractivity contribution in [3.8, 4) is 17.2 Å². The van der Waals surface area contributed by atoms with Crippen LogP contribution in [0.4, 0.5) is 11.4 Å². The summed E-state index contributed by atoms with van der Waals surface area (Å²) in [5, 5.41) is 24.3. The number of benzene rings is 2. The monoisotopic (exact) mass is 302 g/mol. The summed E-state index contributed by atoms with van der Waals surface area (Å²) in [4.78, 5) is 0. The molecule has 0 bridgehead atoms. The quantitative estimate of drug-likeness (QED) is 0.596. The van der Waals surface area contributed by atoms with Gasteiger partial charge in [-0.15, -0.1) is 0 Å². The van der Waals surface area contributed by atoms with Gasteiger partial charge in [0.2, 0.25) is 6.29 Å². The highest BCUT2D eigenvalue weighted by Gasteiger charge is 2.14. The zero-order chi connectivity index (χ0) is 15.4. The van der Waals surface area contributed by atoms with E-state index >= 15 is 0 Å². The minimum absolute atomic E-state index is 0.266. The highest BCUT2D eigenvalue weighted by molar-refractivity contribution is 5.60. The number of phenols is 1. The van der Waals surface area contributed by atoms with Gasteiger partial charge in [-0.25, -0.2) is 0 Å². The van der Waals surface area contributed by atoms with Crippen LogP contribution in [0.3, 0.4) is 0 Å². The van der Waals surface area contributed by atoms with Crippen LogP contribution >= 0.6 is 0 Å². The minimum atomic E-state index is -0.718. The molecule has 116 valence electrons. The maximum atomic E-state index is 9.09. The van der Waals surface area contributed by atoms with Crippen molar-refractivity contribution in [2.75, 3.05) is 30.3 Å². The fraction of sp³-hybridized carbons (Fsp3) is 0.250. The lowest BCUT2D eigenvalue weighted by molar-refractivity contribution is -0.00980. The number of β-amino-alcohol motifs (C(OH)–C–C–N with tert-alkyl or cyclic N) is 1. The Bertz CT molecular complexity index is 648. The molecule has 0 aliphatic carbocycles. The molecule has 0 radical (unpaired) electrons. The lowest BCUT2D eigenvalue weighted by Gasteiger charge is -2.23. The molecule has 2 aliphatic rings. The second kappa shape index (κ2) is 6.44. The van der Waals surface area contributed by atoms with Gasteiger partial charge in [-0.2, -0.15) is 0 Å². The summed E-state index contributed by atoms with van der Waals surface area (Å²) in [7, 11) is 0. The summed E-state index contributed by atoms with van der Waals surface area (Å²) in [5.41, 5.74) is 1.81. The molecule has 0 saturated carbocycles. The van der Waals surface area contributed by atoms with Gasteiger partial charge in [0.1, 0.15) is 23.9 Å². The Morgan fingerprint density at radius 3 is 2.77 bits per heavy atom. The number of hydrogen-bond acceptors (Lipinski definition) is 6. The molecule has 0 saturated heterocycles. The lowest BCUT2D eigenvalue weighted by Crippen LogP contribution is -2.29. The zero-order valence-corrected chi connectivity index (χ0v) is 12.0. The first-order valence-corrected chi connectivity index (χ1v) is 7.10. The molecule has 6 heteroatoms. The van der Waals surface area contributed by atoms with Gasteiger partial charge in [0, 0.05) is 12.6 Å². The van der Waals surface area contributed by atoms with Gasteiger partial charge in [-0.3, -0.25) is 0 Å². The average Bonchev–Trinajstić information content (AvgIpc) is 2.55. The third-order valence-corrected chi connectivity index (χ3v) is 3.26. The van der Waals surface area contributed by atoms with Crippen LogP contribution in [0.5, 0.6) is 17.2 Å². The van der Waals surface area contributed by atoms with Crippen molar-refractivity contribution in [3.63, 3.8) is 0 Å². The molecular weight excluding hydrogens is 284 g/mol. The molecule has 0 fully saturated rings. The first-order valence-electron chi connectivity index (χ1n) is 7.10. The second-order valence-corrected chi connectivity index (χ2v) is 4.91. The van der Waals surface area contributed by atoms with E-state index in [4.69, 9.17) is 19.7 Å². The van der Waals surface area contributed by atoms with E-state index in [9.17, 15) is 0 Å². The number of fused-ring (bicyclic) bond motifs is 2. The fourth-order valence-corrected chi connectivity index (χ4v) is 2.23. The number of para-hydroxylation sites is 2. The van der Waals surface area contributed by atoms with Gasteiger partial charge in [-0.05, 0) is 24.3 Å². The number of aliphatic hydroxyl groups is 1. The number of ether oxygens (including phenoxy) is 2. The summed E-state index contributed by atoms with van der Waals surface area (Å²) in [6.07, 6.45) is -0.718. The van der Waals surface area contributed by atoms with Crippen molar-refractivity contribution in [1.82, 2.24) is 0 Å². The average molecular weight is 302 g/mol. The molecule has 0 spiro atoms. The van der Waals surface area contributed by atoms with E-state index in [-0.39, 0.29) is 5.75 Å². The van der Waals surface area contributed by atoms with E-state index in [2.05, 4.69) is 10.6 Å². The fourth-order valence-electron chi connectivity index (χ4n) is 2.23. The number of aliphatic hydroxyl groups excluding tert-OH is 1. The van der Waals surface area contributed by atoms with Crippen molar-refractivity contribution in [2.24, 2.45) is 0 Å². The summed E-state index contributed by atoms with van der Waals surface area (Å²) >= 11 is 0. The van der Waals surface area contributed by atoms with Crippen molar-refractivity contribution in [1.29, 1.82) is 0 Å². The summed E-state index contributed by atoms with van der Waals surface area (Å²) in [6, 6.07) is 12.6. The zero-order valence-electron chi connectivity index (χ0n) is 12.0. The number of rotatable bonds is 0. The third-order valence-electron chi connectivity index (χ3n) is 3.26. The predicted octanol–water partition coefficient (Wildman–Crippen LogP) is 2.01. The van der Waals surface area contributed by atoms with E-state index in [0.717, 1.165) is 23.7 Å². The van der Waals surface area contributed by atoms with Gasteiger partial charge in [0.25, 0.3) is 0 Å². The molecule has 22 heavy (non-hydrogen) atoms. The molecule has 0 amide bonds. The van der Waals surface area contributed by atoms with E-state index < -0.39 is 6.29 Å². The topological polar surface area (TPSA) is 83.0 Å². The molecule has 4 rings (SSSR count). The van der Waals surface area contributed by atoms with Crippen molar-refractivity contribution < 1.29 is 19.7 Å². The van der Waals surface area contributed by atoms with Crippen molar-refractivity contribution in [3.05, 3.63) is 42.5 Å². The standard InChI is InChI=1S/2C8H9NO2/c10-6-1-2-8-7(5-6)9-3-4-11-8;10-8-5-9-6-3-1-2-4-7(6)11-8/h1-2,5,9-10H,3-4H2;1-4,8-10H,5H2. The number of phenolic OH excluding ortho intramolecular Hbond substituents is 1. The first kappa shape index (κ1) is 14.3. The lowest BCUT2D eigenvalue weighted by atomic mass is 10.2. The largest absolute Gasteiger partial charge is 0.508 e. The molecule has 6 nitrogen and oxygen atoms in total. The highest BCUT2D eigenvalue weighted by Crippen LogP contribution is 2.30. The number of hydrogen-bond donors (Lipinski definition) is 4. The maximum Gasteiger partial charge on any atom is 0.214 e. The number of anilines is 2. The molecule has 2 heterocycles. The number of nitrogens with one attached hydrogen (secondary N) is 2. The predicted molar refractivity (Wildman–Crippen MR) is 83.7 cm³/mol. The highest BCUT2D eigenvalue weighted by atomic mass is 16.6. The molecule has 1 atom stereocenters. The van der Waals surface area contributed by atoms with Gasteiger partial charge >= 0.3 is 0 Å². The van der Waals surface area contributed by atoms with Crippen LogP contribution in [-0.2, 0) is 0 Å². The van der Waals surface area contributed by atoms with Gasteiger partial charge in [-0.1, -0.05) is 12.1 Å². The molecule has 1 unspecified atom stereocenters. The SMILES string of the molecule is OC1CNc2ccccc2O1.Oc1ccc2c(c1)NCCO2. The van der Waals surface area contributed by atoms with Gasteiger partial charge in [0.15, 0.2) is 0 Å². The second-order valence-electron chi connectivity index (χ2n) is 4.91. The maximum absolute atomic E-state index is 9.09. The summed E-state index contributed by atoms with van der Waals surface area (Å²) < 4.78 is 10.4. The van der Waals surface area contributed by atoms with Crippen LogP contribution < -0.4 is 20.1 Å². The molecule has 2 aromatic rings. The molecule has 2 aromatic carbocycles. The van der Waals surface area contributed by atoms with Crippen LogP contribution in [-0.4, -0.2) is 36.2 Å². The van der Waals surface area contributed by atoms with Crippen LogP contribution in [0, 0.1) is 0 Å². The Balaban J connectivity index is 0.000000131. The van der Waals surface area contributed by atoms with E-state index in [1.165, 1.54) is 0 Å².